The van der Waals surface area contributed by atoms with Gasteiger partial charge in [-0.05, 0) is 35.0 Å². The Morgan fingerprint density at radius 3 is 2.79 bits per heavy atom. The Morgan fingerprint density at radius 2 is 2.11 bits per heavy atom. The van der Waals surface area contributed by atoms with Crippen LogP contribution in [0.3, 0.4) is 0 Å². The number of halogens is 4. The Morgan fingerprint density at radius 1 is 1.37 bits per heavy atom. The maximum atomic E-state index is 13.6. The first kappa shape index (κ1) is 14.2. The lowest BCUT2D eigenvalue weighted by molar-refractivity contribution is 0.494. The highest BCUT2D eigenvalue weighted by Crippen LogP contribution is 2.27. The molecule has 2 nitrogen and oxygen atoms in total. The molecule has 0 aliphatic carbocycles. The van der Waals surface area contributed by atoms with Crippen molar-refractivity contribution in [3.05, 3.63) is 57.3 Å². The molecular weight excluding hydrogens is 338 g/mol. The quantitative estimate of drug-likeness (QED) is 0.795. The third-order valence-electron chi connectivity index (χ3n) is 2.63. The van der Waals surface area contributed by atoms with Crippen molar-refractivity contribution in [3.8, 4) is 0 Å². The molecule has 0 aliphatic rings. The smallest absolute Gasteiger partial charge is 0.164 e. The molecule has 1 N–H and O–H groups in total. The number of nitrogens with zero attached hydrogens (tertiary/aromatic N) is 1. The minimum absolute atomic E-state index is 0.256. The van der Waals surface area contributed by atoms with Gasteiger partial charge in [0.05, 0.1) is 22.4 Å². The van der Waals surface area contributed by atoms with Gasteiger partial charge < -0.3 is 5.32 Å². The van der Waals surface area contributed by atoms with Crippen LogP contribution < -0.4 is 5.32 Å². The van der Waals surface area contributed by atoms with Crippen LogP contribution in [0.15, 0.2) is 34.9 Å². The molecule has 0 fully saturated rings. The van der Waals surface area contributed by atoms with E-state index >= 15 is 0 Å². The third-order valence-corrected chi connectivity index (χ3v) is 3.76. The standard InChI is InChI=1S/C13H10BrClF2N2/c1-7(9-3-2-4-11(16)12(9)17)19-8-5-10(14)13(15)18-6-8/h2-7,19H,1H3. The molecule has 2 rings (SSSR count). The van der Waals surface area contributed by atoms with Crippen molar-refractivity contribution in [2.75, 3.05) is 5.32 Å². The van der Waals surface area contributed by atoms with Crippen LogP contribution in [0.4, 0.5) is 14.5 Å². The minimum atomic E-state index is -0.860. The molecule has 2 aromatic rings. The number of anilines is 1. The van der Waals surface area contributed by atoms with Gasteiger partial charge in [-0.2, -0.15) is 0 Å². The highest BCUT2D eigenvalue weighted by Gasteiger charge is 2.14. The van der Waals surface area contributed by atoms with Crippen LogP contribution in [0.25, 0.3) is 0 Å². The molecule has 0 spiro atoms. The van der Waals surface area contributed by atoms with Crippen molar-refractivity contribution in [1.29, 1.82) is 0 Å². The Labute approximate surface area is 122 Å². The lowest BCUT2D eigenvalue weighted by Gasteiger charge is -2.16. The van der Waals surface area contributed by atoms with Crippen LogP contribution in [0.2, 0.25) is 5.15 Å². The molecule has 0 aliphatic heterocycles. The first-order chi connectivity index (χ1) is 8.99. The number of benzene rings is 1. The van der Waals surface area contributed by atoms with E-state index in [4.69, 9.17) is 11.6 Å². The molecule has 1 heterocycles. The van der Waals surface area contributed by atoms with Gasteiger partial charge in [0.25, 0.3) is 0 Å². The Hall–Kier alpha value is -1.20. The zero-order valence-corrected chi connectivity index (χ0v) is 12.3. The summed E-state index contributed by atoms with van der Waals surface area (Å²) < 4.78 is 27.4. The molecular formula is C13H10BrClF2N2. The van der Waals surface area contributed by atoms with E-state index in [0.717, 1.165) is 6.07 Å². The lowest BCUT2D eigenvalue weighted by atomic mass is 10.1. The Bertz CT molecular complexity index is 607. The summed E-state index contributed by atoms with van der Waals surface area (Å²) in [5, 5.41) is 3.38. The highest BCUT2D eigenvalue weighted by molar-refractivity contribution is 9.10. The Kier molecular flexibility index (Phi) is 4.37. The fourth-order valence-corrected chi connectivity index (χ4v) is 2.14. The fraction of sp³-hybridized carbons (Fsp3) is 0.154. The van der Waals surface area contributed by atoms with E-state index in [1.165, 1.54) is 18.3 Å². The molecule has 0 saturated heterocycles. The van der Waals surface area contributed by atoms with Crippen molar-refractivity contribution in [2.45, 2.75) is 13.0 Å². The zero-order chi connectivity index (χ0) is 14.0. The molecule has 0 radical (unpaired) electrons. The highest BCUT2D eigenvalue weighted by atomic mass is 79.9. The second-order valence-corrected chi connectivity index (χ2v) is 5.22. The molecule has 6 heteroatoms. The summed E-state index contributed by atoms with van der Waals surface area (Å²) in [6.07, 6.45) is 1.53. The van der Waals surface area contributed by atoms with Gasteiger partial charge in [-0.3, -0.25) is 0 Å². The largest absolute Gasteiger partial charge is 0.377 e. The van der Waals surface area contributed by atoms with Crippen LogP contribution in [0.5, 0.6) is 0 Å². The normalized spacial score (nSPS) is 12.3. The average molecular weight is 348 g/mol. The van der Waals surface area contributed by atoms with Gasteiger partial charge in [0, 0.05) is 5.56 Å². The van der Waals surface area contributed by atoms with E-state index in [1.54, 1.807) is 13.0 Å². The summed E-state index contributed by atoms with van der Waals surface area (Å²) in [7, 11) is 0. The van der Waals surface area contributed by atoms with Gasteiger partial charge in [-0.25, -0.2) is 13.8 Å². The number of pyridine rings is 1. The summed E-state index contributed by atoms with van der Waals surface area (Å²) in [6, 6.07) is 5.43. The molecule has 0 bridgehead atoms. The van der Waals surface area contributed by atoms with Crippen LogP contribution in [0, 0.1) is 11.6 Å². The van der Waals surface area contributed by atoms with Gasteiger partial charge in [-0.1, -0.05) is 23.7 Å². The summed E-state index contributed by atoms with van der Waals surface area (Å²) in [5.74, 6) is -1.70. The van der Waals surface area contributed by atoms with Gasteiger partial charge in [0.2, 0.25) is 0 Å². The zero-order valence-electron chi connectivity index (χ0n) is 9.92. The summed E-state index contributed by atoms with van der Waals surface area (Å²) in [4.78, 5) is 3.95. The predicted octanol–water partition coefficient (Wildman–Crippen LogP) is 4.95. The van der Waals surface area contributed by atoms with Gasteiger partial charge in [0.15, 0.2) is 11.6 Å². The third kappa shape index (κ3) is 3.22. The number of rotatable bonds is 3. The van der Waals surface area contributed by atoms with Crippen LogP contribution in [-0.4, -0.2) is 4.98 Å². The number of hydrogen-bond donors (Lipinski definition) is 1. The minimum Gasteiger partial charge on any atom is -0.377 e. The van der Waals surface area contributed by atoms with Crippen LogP contribution in [0.1, 0.15) is 18.5 Å². The molecule has 1 unspecified atom stereocenters. The van der Waals surface area contributed by atoms with E-state index in [0.29, 0.717) is 15.3 Å². The topological polar surface area (TPSA) is 24.9 Å². The van der Waals surface area contributed by atoms with Gasteiger partial charge in [-0.15, -0.1) is 0 Å². The van der Waals surface area contributed by atoms with E-state index in [-0.39, 0.29) is 5.56 Å². The fourth-order valence-electron chi connectivity index (χ4n) is 1.68. The van der Waals surface area contributed by atoms with E-state index in [9.17, 15) is 8.78 Å². The average Bonchev–Trinajstić information content (AvgIpc) is 2.37. The number of hydrogen-bond acceptors (Lipinski definition) is 2. The maximum Gasteiger partial charge on any atom is 0.164 e. The first-order valence-corrected chi connectivity index (χ1v) is 6.67. The summed E-state index contributed by atoms with van der Waals surface area (Å²) in [6.45, 7) is 1.74. The van der Waals surface area contributed by atoms with Crippen LogP contribution >= 0.6 is 27.5 Å². The molecule has 1 aromatic heterocycles. The van der Waals surface area contributed by atoms with Crippen molar-refractivity contribution in [3.63, 3.8) is 0 Å². The molecule has 0 saturated carbocycles. The van der Waals surface area contributed by atoms with E-state index < -0.39 is 17.7 Å². The molecule has 1 aromatic carbocycles. The number of nitrogens with one attached hydrogen (secondary N) is 1. The monoisotopic (exact) mass is 346 g/mol. The molecule has 100 valence electrons. The summed E-state index contributed by atoms with van der Waals surface area (Å²) >= 11 is 9.03. The molecule has 1 atom stereocenters. The maximum absolute atomic E-state index is 13.6. The van der Waals surface area contributed by atoms with Crippen molar-refractivity contribution in [1.82, 2.24) is 4.98 Å². The van der Waals surface area contributed by atoms with Crippen molar-refractivity contribution >= 4 is 33.2 Å². The van der Waals surface area contributed by atoms with Gasteiger partial charge in [0.1, 0.15) is 5.15 Å². The van der Waals surface area contributed by atoms with Crippen molar-refractivity contribution in [2.24, 2.45) is 0 Å². The van der Waals surface area contributed by atoms with E-state index in [2.05, 4.69) is 26.2 Å². The Balaban J connectivity index is 2.23. The predicted molar refractivity (Wildman–Crippen MR) is 75.3 cm³/mol. The van der Waals surface area contributed by atoms with Gasteiger partial charge >= 0.3 is 0 Å². The van der Waals surface area contributed by atoms with Crippen molar-refractivity contribution < 1.29 is 8.78 Å². The second kappa shape index (κ2) is 5.84. The van der Waals surface area contributed by atoms with E-state index in [1.807, 2.05) is 0 Å². The molecule has 19 heavy (non-hydrogen) atoms. The SMILES string of the molecule is CC(Nc1cnc(Cl)c(Br)c1)c1cccc(F)c1F. The van der Waals surface area contributed by atoms with Crippen LogP contribution in [-0.2, 0) is 0 Å². The first-order valence-electron chi connectivity index (χ1n) is 5.50. The molecule has 0 amide bonds. The number of aromatic nitrogens is 1. The lowest BCUT2D eigenvalue weighted by Crippen LogP contribution is -2.09. The second-order valence-electron chi connectivity index (χ2n) is 4.01. The summed E-state index contributed by atoms with van der Waals surface area (Å²) in [5.41, 5.74) is 0.915.